The van der Waals surface area contributed by atoms with Crippen LogP contribution in [0, 0.1) is 18.6 Å². The quantitative estimate of drug-likeness (QED) is 0.307. The second kappa shape index (κ2) is 11.1. The minimum absolute atomic E-state index is 0.0235. The number of halogens is 2. The number of rotatable bonds is 6. The van der Waals surface area contributed by atoms with Gasteiger partial charge in [-0.3, -0.25) is 9.78 Å². The predicted octanol–water partition coefficient (Wildman–Crippen LogP) is 5.62. The molecule has 0 spiro atoms. The molecule has 1 aliphatic heterocycles. The van der Waals surface area contributed by atoms with Crippen molar-refractivity contribution in [3.63, 3.8) is 0 Å². The molecule has 0 atom stereocenters. The van der Waals surface area contributed by atoms with Crippen molar-refractivity contribution in [2.45, 2.75) is 26.7 Å². The Kier molecular flexibility index (Phi) is 7.57. The third kappa shape index (κ3) is 4.94. The van der Waals surface area contributed by atoms with E-state index in [0.29, 0.717) is 48.5 Å². The summed E-state index contributed by atoms with van der Waals surface area (Å²) in [6.45, 7) is 11.3. The van der Waals surface area contributed by atoms with Gasteiger partial charge in [0.2, 0.25) is 11.8 Å². The van der Waals surface area contributed by atoms with Gasteiger partial charge in [-0.15, -0.1) is 0 Å². The highest BCUT2D eigenvalue weighted by Crippen LogP contribution is 2.45. The molecule has 0 unspecified atom stereocenters. The maximum atomic E-state index is 15.8. The van der Waals surface area contributed by atoms with Crippen molar-refractivity contribution in [3.8, 4) is 34.0 Å². The Morgan fingerprint density at radius 1 is 1.07 bits per heavy atom. The van der Waals surface area contributed by atoms with Gasteiger partial charge in [-0.1, -0.05) is 26.5 Å². The summed E-state index contributed by atoms with van der Waals surface area (Å²) in [6.07, 6.45) is 3.01. The summed E-state index contributed by atoms with van der Waals surface area (Å²) in [6, 6.07) is 6.91. The molecule has 41 heavy (non-hydrogen) atoms. The van der Waals surface area contributed by atoms with Crippen LogP contribution in [0.2, 0.25) is 0 Å². The van der Waals surface area contributed by atoms with Crippen molar-refractivity contribution in [1.82, 2.24) is 19.9 Å². The van der Waals surface area contributed by atoms with Gasteiger partial charge >= 0.3 is 0 Å². The number of pyridine rings is 3. The van der Waals surface area contributed by atoms with Gasteiger partial charge in [-0.25, -0.2) is 13.8 Å². The molecule has 4 heterocycles. The number of aromatic hydroxyl groups is 1. The van der Waals surface area contributed by atoms with Crippen LogP contribution in [0.25, 0.3) is 33.3 Å². The lowest BCUT2D eigenvalue weighted by Gasteiger charge is -2.35. The Hall–Kier alpha value is -4.60. The van der Waals surface area contributed by atoms with Crippen molar-refractivity contribution in [1.29, 1.82) is 0 Å². The van der Waals surface area contributed by atoms with Gasteiger partial charge in [-0.2, -0.15) is 4.98 Å². The van der Waals surface area contributed by atoms with Crippen LogP contribution in [0.5, 0.6) is 11.6 Å². The zero-order chi connectivity index (χ0) is 29.4. The lowest BCUT2D eigenvalue weighted by Crippen LogP contribution is -2.48. The van der Waals surface area contributed by atoms with Crippen molar-refractivity contribution < 1.29 is 23.4 Å². The third-order valence-electron chi connectivity index (χ3n) is 7.35. The lowest BCUT2D eigenvalue weighted by molar-refractivity contribution is -0.126. The van der Waals surface area contributed by atoms with Crippen LogP contribution in [-0.2, 0) is 4.79 Å². The zero-order valence-electron chi connectivity index (χ0n) is 23.4. The number of hydrogen-bond donors (Lipinski definition) is 1. The highest BCUT2D eigenvalue weighted by atomic mass is 19.1. The number of fused-ring (bicyclic) bond motifs is 1. The van der Waals surface area contributed by atoms with E-state index < -0.39 is 17.4 Å². The zero-order valence-corrected chi connectivity index (χ0v) is 23.4. The van der Waals surface area contributed by atoms with Crippen LogP contribution in [-0.4, -0.2) is 64.2 Å². The highest BCUT2D eigenvalue weighted by molar-refractivity contribution is 6.04. The SMILES string of the molecule is C=CC(=O)N1CCN(c2nc(OC)c(-c3c(C)ccnc3C(C)C)c3nc(-c4c(O)cccc4F)c(F)cc23)CC1. The summed E-state index contributed by atoms with van der Waals surface area (Å²) in [5.41, 5.74) is 2.56. The van der Waals surface area contributed by atoms with Gasteiger partial charge in [0.15, 0.2) is 5.82 Å². The normalized spacial score (nSPS) is 13.6. The summed E-state index contributed by atoms with van der Waals surface area (Å²) in [5.74, 6) is -1.51. The Morgan fingerprint density at radius 2 is 1.80 bits per heavy atom. The lowest BCUT2D eigenvalue weighted by atomic mass is 9.92. The van der Waals surface area contributed by atoms with Crippen LogP contribution in [0.3, 0.4) is 0 Å². The second-order valence-electron chi connectivity index (χ2n) is 10.2. The number of nitrogens with zero attached hydrogens (tertiary/aromatic N) is 5. The smallest absolute Gasteiger partial charge is 0.246 e. The van der Waals surface area contributed by atoms with Crippen molar-refractivity contribution in [2.75, 3.05) is 38.2 Å². The number of aryl methyl sites for hydroxylation is 1. The number of ether oxygens (including phenoxy) is 1. The summed E-state index contributed by atoms with van der Waals surface area (Å²) >= 11 is 0. The van der Waals surface area contributed by atoms with Crippen LogP contribution in [0.4, 0.5) is 14.6 Å². The van der Waals surface area contributed by atoms with E-state index in [1.807, 2.05) is 31.7 Å². The summed E-state index contributed by atoms with van der Waals surface area (Å²) < 4.78 is 36.6. The molecule has 3 aromatic heterocycles. The summed E-state index contributed by atoms with van der Waals surface area (Å²) in [5, 5.41) is 10.9. The number of carbonyl (C=O) groups is 1. The topological polar surface area (TPSA) is 91.7 Å². The van der Waals surface area contributed by atoms with Crippen molar-refractivity contribution in [3.05, 3.63) is 72.1 Å². The summed E-state index contributed by atoms with van der Waals surface area (Å²) in [7, 11) is 1.50. The van der Waals surface area contributed by atoms with Gasteiger partial charge < -0.3 is 19.6 Å². The maximum absolute atomic E-state index is 15.8. The molecule has 1 aromatic carbocycles. The fourth-order valence-electron chi connectivity index (χ4n) is 5.31. The minimum atomic E-state index is -0.815. The van der Waals surface area contributed by atoms with Gasteiger partial charge in [-0.05, 0) is 48.7 Å². The number of carbonyl (C=O) groups excluding carboxylic acids is 1. The molecule has 1 N–H and O–H groups in total. The number of aromatic nitrogens is 3. The molecule has 10 heteroatoms. The number of benzene rings is 1. The van der Waals surface area contributed by atoms with Crippen LogP contribution >= 0.6 is 0 Å². The van der Waals surface area contributed by atoms with Crippen LogP contribution in [0.15, 0.2) is 49.2 Å². The number of phenols is 1. The Labute approximate surface area is 236 Å². The van der Waals surface area contributed by atoms with E-state index in [-0.39, 0.29) is 29.0 Å². The van der Waals surface area contributed by atoms with E-state index in [1.165, 1.54) is 31.4 Å². The molecular weight excluding hydrogens is 528 g/mol. The van der Waals surface area contributed by atoms with E-state index in [4.69, 9.17) is 9.72 Å². The Morgan fingerprint density at radius 3 is 2.44 bits per heavy atom. The Balaban J connectivity index is 1.83. The van der Waals surface area contributed by atoms with Gasteiger partial charge in [0, 0.05) is 43.3 Å². The molecule has 1 amide bonds. The Bertz CT molecular complexity index is 1650. The first-order chi connectivity index (χ1) is 19.7. The fraction of sp³-hybridized carbons (Fsp3) is 0.290. The average Bonchev–Trinajstić information content (AvgIpc) is 2.96. The van der Waals surface area contributed by atoms with Gasteiger partial charge in [0.05, 0.1) is 29.4 Å². The summed E-state index contributed by atoms with van der Waals surface area (Å²) in [4.78, 5) is 29.9. The van der Waals surface area contributed by atoms with Gasteiger partial charge in [0.1, 0.15) is 23.1 Å². The molecule has 0 saturated carbocycles. The van der Waals surface area contributed by atoms with Gasteiger partial charge in [0.25, 0.3) is 0 Å². The molecule has 1 fully saturated rings. The van der Waals surface area contributed by atoms with E-state index >= 15 is 4.39 Å². The largest absolute Gasteiger partial charge is 0.507 e. The first-order valence-electron chi connectivity index (χ1n) is 13.3. The first-order valence-corrected chi connectivity index (χ1v) is 13.3. The average molecular weight is 560 g/mol. The standard InChI is InChI=1S/C31H31F2N5O3/c1-6-23(40)37-12-14-38(15-13-37)30-19-16-21(33)29(25-20(32)8-7-9-22(25)39)35-28(19)26(31(36-30)41-5)24-18(4)10-11-34-27(24)17(2)3/h6-11,16-17,39H,1,12-15H2,2-5H3. The molecule has 0 bridgehead atoms. The van der Waals surface area contributed by atoms with Crippen LogP contribution < -0.4 is 9.64 Å². The van der Waals surface area contributed by atoms with E-state index in [1.54, 1.807) is 11.1 Å². The third-order valence-corrected chi connectivity index (χ3v) is 7.35. The molecule has 1 saturated heterocycles. The molecule has 4 aromatic rings. The number of piperazine rings is 1. The van der Waals surface area contributed by atoms with E-state index in [9.17, 15) is 14.3 Å². The first kappa shape index (κ1) is 27.9. The molecule has 0 radical (unpaired) electrons. The van der Waals surface area contributed by atoms with Crippen LogP contribution in [0.1, 0.15) is 31.0 Å². The molecule has 0 aliphatic carbocycles. The molecular formula is C31H31F2N5O3. The minimum Gasteiger partial charge on any atom is -0.507 e. The molecule has 8 nitrogen and oxygen atoms in total. The number of anilines is 1. The highest BCUT2D eigenvalue weighted by Gasteiger charge is 2.29. The molecule has 1 aliphatic rings. The molecule has 212 valence electrons. The monoisotopic (exact) mass is 559 g/mol. The number of phenolic OH excluding ortho intramolecular Hbond substituents is 1. The van der Waals surface area contributed by atoms with Crippen molar-refractivity contribution >= 4 is 22.6 Å². The van der Waals surface area contributed by atoms with E-state index in [2.05, 4.69) is 16.5 Å². The predicted molar refractivity (Wildman–Crippen MR) is 154 cm³/mol. The number of methoxy groups -OCH3 is 1. The molecule has 5 rings (SSSR count). The number of hydrogen-bond acceptors (Lipinski definition) is 7. The second-order valence-corrected chi connectivity index (χ2v) is 10.2. The number of amides is 1. The maximum Gasteiger partial charge on any atom is 0.246 e. The fourth-order valence-corrected chi connectivity index (χ4v) is 5.31. The van der Waals surface area contributed by atoms with E-state index in [0.717, 1.165) is 22.9 Å². The van der Waals surface area contributed by atoms with Crippen molar-refractivity contribution in [2.24, 2.45) is 0 Å².